The number of aromatic amines is 1. The number of nitrogens with zero attached hydrogens (tertiary/aromatic N) is 4. The lowest BCUT2D eigenvalue weighted by Gasteiger charge is -2.12. The summed E-state index contributed by atoms with van der Waals surface area (Å²) >= 11 is 0. The Bertz CT molecular complexity index is 1440. The second-order valence-electron chi connectivity index (χ2n) is 7.15. The summed E-state index contributed by atoms with van der Waals surface area (Å²) in [5.74, 6) is -0.293. The molecule has 4 rings (SSSR count). The molecule has 1 amide bonds. The van der Waals surface area contributed by atoms with Gasteiger partial charge in [0.15, 0.2) is 0 Å². The van der Waals surface area contributed by atoms with E-state index in [0.29, 0.717) is 16.5 Å². The van der Waals surface area contributed by atoms with Gasteiger partial charge in [-0.05, 0) is 17.7 Å². The molecule has 4 aromatic rings. The topological polar surface area (TPSA) is 132 Å². The zero-order valence-corrected chi connectivity index (χ0v) is 17.0. The lowest BCUT2D eigenvalue weighted by atomic mass is 10.1. The van der Waals surface area contributed by atoms with Gasteiger partial charge in [-0.2, -0.15) is 5.10 Å². The number of aryl methyl sites for hydroxylation is 1. The van der Waals surface area contributed by atoms with Crippen molar-refractivity contribution in [3.63, 3.8) is 0 Å². The molecule has 0 saturated heterocycles. The van der Waals surface area contributed by atoms with Crippen LogP contribution < -0.4 is 22.1 Å². The summed E-state index contributed by atoms with van der Waals surface area (Å²) in [6.45, 7) is 0.497. The summed E-state index contributed by atoms with van der Waals surface area (Å²) in [5, 5.41) is 8.44. The van der Waals surface area contributed by atoms with Crippen molar-refractivity contribution in [3.05, 3.63) is 104 Å². The molecule has 10 nitrogen and oxygen atoms in total. The highest BCUT2D eigenvalue weighted by Crippen LogP contribution is 2.13. The van der Waals surface area contributed by atoms with Gasteiger partial charge in [0.05, 0.1) is 24.2 Å². The van der Waals surface area contributed by atoms with Crippen molar-refractivity contribution in [2.45, 2.75) is 26.1 Å². The lowest BCUT2D eigenvalue weighted by molar-refractivity contribution is -0.121. The molecule has 0 radical (unpaired) electrons. The number of pyridine rings is 1. The normalized spacial score (nSPS) is 10.9. The van der Waals surface area contributed by atoms with Crippen LogP contribution >= 0.6 is 0 Å². The number of nitrogens with one attached hydrogen (secondary N) is 2. The van der Waals surface area contributed by atoms with E-state index in [9.17, 15) is 19.2 Å². The van der Waals surface area contributed by atoms with Crippen molar-refractivity contribution in [1.82, 2.24) is 29.6 Å². The molecule has 1 aromatic carbocycles. The van der Waals surface area contributed by atoms with Crippen LogP contribution in [0.4, 0.5) is 0 Å². The fourth-order valence-electron chi connectivity index (χ4n) is 3.32. The number of H-pyrrole nitrogens is 1. The van der Waals surface area contributed by atoms with E-state index in [0.717, 1.165) is 5.56 Å². The quantitative estimate of drug-likeness (QED) is 0.434. The minimum atomic E-state index is -0.569. The van der Waals surface area contributed by atoms with Crippen molar-refractivity contribution in [1.29, 1.82) is 0 Å². The van der Waals surface area contributed by atoms with Gasteiger partial charge >= 0.3 is 5.69 Å². The van der Waals surface area contributed by atoms with Crippen LogP contribution in [-0.2, 0) is 24.4 Å². The molecule has 0 saturated carbocycles. The van der Waals surface area contributed by atoms with Gasteiger partial charge in [-0.25, -0.2) is 9.48 Å². The second-order valence-corrected chi connectivity index (χ2v) is 7.15. The molecule has 162 valence electrons. The molecule has 0 aliphatic carbocycles. The van der Waals surface area contributed by atoms with Gasteiger partial charge in [0, 0.05) is 43.0 Å². The zero-order valence-electron chi connectivity index (χ0n) is 17.0. The number of aromatic nitrogens is 5. The molecule has 0 bridgehead atoms. The maximum atomic E-state index is 12.9. The maximum Gasteiger partial charge on any atom is 0.328 e. The van der Waals surface area contributed by atoms with Crippen molar-refractivity contribution in [3.8, 4) is 0 Å². The first-order chi connectivity index (χ1) is 15.5. The Labute approximate surface area is 181 Å². The Balaban J connectivity index is 1.52. The van der Waals surface area contributed by atoms with E-state index in [-0.39, 0.29) is 37.5 Å². The van der Waals surface area contributed by atoms with Crippen molar-refractivity contribution >= 4 is 16.7 Å². The second kappa shape index (κ2) is 9.21. The van der Waals surface area contributed by atoms with E-state index in [1.54, 1.807) is 36.7 Å². The van der Waals surface area contributed by atoms with Crippen LogP contribution in [0, 0.1) is 0 Å². The Morgan fingerprint density at radius 1 is 1.03 bits per heavy atom. The maximum absolute atomic E-state index is 12.9. The van der Waals surface area contributed by atoms with Gasteiger partial charge < -0.3 is 9.88 Å². The van der Waals surface area contributed by atoms with Crippen LogP contribution in [0.5, 0.6) is 0 Å². The zero-order chi connectivity index (χ0) is 22.5. The fourth-order valence-corrected chi connectivity index (χ4v) is 3.32. The summed E-state index contributed by atoms with van der Waals surface area (Å²) in [6, 6.07) is 12.0. The molecule has 2 N–H and O–H groups in total. The number of hydrogen-bond donors (Lipinski definition) is 2. The molecule has 0 atom stereocenters. The number of amides is 1. The first kappa shape index (κ1) is 20.9. The Hall–Kier alpha value is -4.34. The van der Waals surface area contributed by atoms with E-state index in [1.807, 2.05) is 12.1 Å². The average Bonchev–Trinajstić information content (AvgIpc) is 2.80. The van der Waals surface area contributed by atoms with Crippen LogP contribution in [0.3, 0.4) is 0 Å². The Kier molecular flexibility index (Phi) is 6.02. The summed E-state index contributed by atoms with van der Waals surface area (Å²) < 4.78 is 2.61. The monoisotopic (exact) mass is 432 g/mol. The van der Waals surface area contributed by atoms with Crippen LogP contribution in [0.2, 0.25) is 0 Å². The molecule has 0 spiro atoms. The van der Waals surface area contributed by atoms with Gasteiger partial charge in [0.25, 0.3) is 11.1 Å². The molecule has 3 heterocycles. The minimum absolute atomic E-state index is 0.0409. The SMILES string of the molecule is O=C(CCn1ccc(=O)[nH]c1=O)NCc1nn(Cc2cccnc2)c(=O)c2ccccc12. The third-order valence-corrected chi connectivity index (χ3v) is 4.93. The number of hydrogen-bond acceptors (Lipinski definition) is 6. The van der Waals surface area contributed by atoms with Gasteiger partial charge in [-0.15, -0.1) is 0 Å². The highest BCUT2D eigenvalue weighted by Gasteiger charge is 2.12. The first-order valence-corrected chi connectivity index (χ1v) is 9.95. The summed E-state index contributed by atoms with van der Waals surface area (Å²) in [6.07, 6.45) is 4.71. The van der Waals surface area contributed by atoms with Crippen molar-refractivity contribution < 1.29 is 4.79 Å². The summed E-state index contributed by atoms with van der Waals surface area (Å²) in [5.41, 5.74) is 0.102. The van der Waals surface area contributed by atoms with Crippen LogP contribution in [0.15, 0.2) is 75.4 Å². The van der Waals surface area contributed by atoms with E-state index in [4.69, 9.17) is 0 Å². The third-order valence-electron chi connectivity index (χ3n) is 4.93. The number of carbonyl (C=O) groups excluding carboxylic acids is 1. The number of benzene rings is 1. The van der Waals surface area contributed by atoms with Crippen LogP contribution in [0.25, 0.3) is 10.8 Å². The first-order valence-electron chi connectivity index (χ1n) is 9.95. The Morgan fingerprint density at radius 2 is 1.84 bits per heavy atom. The van der Waals surface area contributed by atoms with E-state index < -0.39 is 11.2 Å². The van der Waals surface area contributed by atoms with E-state index in [2.05, 4.69) is 20.4 Å². The van der Waals surface area contributed by atoms with Crippen LogP contribution in [-0.4, -0.2) is 30.2 Å². The predicted molar refractivity (Wildman–Crippen MR) is 117 cm³/mol. The molecular weight excluding hydrogens is 412 g/mol. The average molecular weight is 432 g/mol. The predicted octanol–water partition coefficient (Wildman–Crippen LogP) is 0.396. The fraction of sp³-hybridized carbons (Fsp3) is 0.182. The minimum Gasteiger partial charge on any atom is -0.350 e. The van der Waals surface area contributed by atoms with E-state index >= 15 is 0 Å². The number of carbonyl (C=O) groups is 1. The van der Waals surface area contributed by atoms with Crippen LogP contribution in [0.1, 0.15) is 17.7 Å². The lowest BCUT2D eigenvalue weighted by Crippen LogP contribution is -2.32. The van der Waals surface area contributed by atoms with Crippen molar-refractivity contribution in [2.24, 2.45) is 0 Å². The van der Waals surface area contributed by atoms with Gasteiger partial charge in [0.2, 0.25) is 5.91 Å². The molecule has 3 aromatic heterocycles. The van der Waals surface area contributed by atoms with Crippen molar-refractivity contribution in [2.75, 3.05) is 0 Å². The third kappa shape index (κ3) is 4.69. The van der Waals surface area contributed by atoms with E-state index in [1.165, 1.54) is 21.5 Å². The smallest absolute Gasteiger partial charge is 0.328 e. The van der Waals surface area contributed by atoms with Gasteiger partial charge in [-0.3, -0.25) is 24.4 Å². The summed E-state index contributed by atoms with van der Waals surface area (Å²) in [7, 11) is 0. The molecule has 0 aliphatic heterocycles. The standard InChI is InChI=1S/C22H20N6O4/c29-19(7-10-27-11-8-20(30)25-22(27)32)24-13-18-16-5-1-2-6-17(16)21(31)28(26-18)14-15-4-3-9-23-12-15/h1-6,8-9,11-12H,7,10,13-14H2,(H,24,29)(H,25,30,32). The molecule has 32 heavy (non-hydrogen) atoms. The molecule has 0 aliphatic rings. The van der Waals surface area contributed by atoms with Gasteiger partial charge in [0.1, 0.15) is 0 Å². The molecule has 10 heteroatoms. The largest absolute Gasteiger partial charge is 0.350 e. The molecule has 0 fully saturated rings. The van der Waals surface area contributed by atoms with Gasteiger partial charge in [-0.1, -0.05) is 24.3 Å². The molecular formula is C22H20N6O4. The highest BCUT2D eigenvalue weighted by atomic mass is 16.2. The highest BCUT2D eigenvalue weighted by molar-refractivity contribution is 5.84. The number of rotatable bonds is 7. The molecule has 0 unspecified atom stereocenters. The summed E-state index contributed by atoms with van der Waals surface area (Å²) in [4.78, 5) is 54.3. The Morgan fingerprint density at radius 3 is 2.59 bits per heavy atom. The number of fused-ring (bicyclic) bond motifs is 1.